The van der Waals surface area contributed by atoms with Crippen LogP contribution in [0.25, 0.3) is 0 Å². The average Bonchev–Trinajstić information content (AvgIpc) is 2.35. The third kappa shape index (κ3) is 2.53. The number of hydrogen-bond donors (Lipinski definition) is 1. The second-order valence-corrected chi connectivity index (χ2v) is 3.77. The number of aromatic nitrogens is 2. The molecule has 4 nitrogen and oxygen atoms in total. The third-order valence-corrected chi connectivity index (χ3v) is 2.60. The van der Waals surface area contributed by atoms with Crippen molar-refractivity contribution in [3.8, 4) is 11.6 Å². The fourth-order valence-corrected chi connectivity index (χ4v) is 1.48. The monoisotopic (exact) mass is 229 g/mol. The van der Waals surface area contributed by atoms with E-state index >= 15 is 0 Å². The number of nitrogens with two attached hydrogens (primary N) is 1. The number of anilines is 1. The Kier molecular flexibility index (Phi) is 3.23. The second-order valence-electron chi connectivity index (χ2n) is 3.77. The van der Waals surface area contributed by atoms with Gasteiger partial charge in [0.15, 0.2) is 0 Å². The number of rotatable bonds is 3. The van der Waals surface area contributed by atoms with Crippen molar-refractivity contribution in [2.75, 3.05) is 5.73 Å². The molecule has 0 spiro atoms. The highest BCUT2D eigenvalue weighted by Gasteiger charge is 2.05. The van der Waals surface area contributed by atoms with Crippen LogP contribution in [0.2, 0.25) is 0 Å². The van der Waals surface area contributed by atoms with Crippen LogP contribution in [0.5, 0.6) is 11.6 Å². The van der Waals surface area contributed by atoms with E-state index in [9.17, 15) is 0 Å². The number of benzene rings is 1. The van der Waals surface area contributed by atoms with Crippen LogP contribution in [-0.2, 0) is 6.42 Å². The van der Waals surface area contributed by atoms with Crippen molar-refractivity contribution in [2.24, 2.45) is 0 Å². The van der Waals surface area contributed by atoms with Gasteiger partial charge in [0, 0.05) is 23.0 Å². The Morgan fingerprint density at radius 1 is 1.29 bits per heavy atom. The summed E-state index contributed by atoms with van der Waals surface area (Å²) in [5.41, 5.74) is 8.41. The highest BCUT2D eigenvalue weighted by molar-refractivity contribution is 5.53. The van der Waals surface area contributed by atoms with Crippen LogP contribution in [0.3, 0.4) is 0 Å². The first-order valence-corrected chi connectivity index (χ1v) is 5.54. The van der Waals surface area contributed by atoms with Gasteiger partial charge in [-0.2, -0.15) is 0 Å². The smallest absolute Gasteiger partial charge is 0.222 e. The Labute approximate surface area is 100 Å². The summed E-state index contributed by atoms with van der Waals surface area (Å²) in [5, 5.41) is 0. The van der Waals surface area contributed by atoms with Gasteiger partial charge in [-0.15, -0.1) is 0 Å². The zero-order chi connectivity index (χ0) is 12.3. The molecule has 0 aliphatic carbocycles. The van der Waals surface area contributed by atoms with Crippen LogP contribution in [-0.4, -0.2) is 9.97 Å². The van der Waals surface area contributed by atoms with E-state index < -0.39 is 0 Å². The maximum atomic E-state index is 5.82. The molecule has 0 aliphatic rings. The maximum absolute atomic E-state index is 5.82. The molecule has 0 saturated heterocycles. The molecular formula is C13H15N3O. The first-order valence-electron chi connectivity index (χ1n) is 5.54. The molecule has 2 N–H and O–H groups in total. The molecule has 0 radical (unpaired) electrons. The Morgan fingerprint density at radius 2 is 2.12 bits per heavy atom. The molecule has 4 heteroatoms. The molecule has 0 saturated carbocycles. The Hall–Kier alpha value is -2.10. The van der Waals surface area contributed by atoms with Crippen molar-refractivity contribution in [3.05, 3.63) is 41.9 Å². The van der Waals surface area contributed by atoms with E-state index in [0.29, 0.717) is 11.6 Å². The van der Waals surface area contributed by atoms with E-state index in [4.69, 9.17) is 10.5 Å². The summed E-state index contributed by atoms with van der Waals surface area (Å²) in [7, 11) is 0. The van der Waals surface area contributed by atoms with Crippen LogP contribution in [0.1, 0.15) is 18.2 Å². The SMILES string of the molecule is CCc1cc(Oc2cccc(N)c2C)ncn1. The van der Waals surface area contributed by atoms with Gasteiger partial charge >= 0.3 is 0 Å². The summed E-state index contributed by atoms with van der Waals surface area (Å²) >= 11 is 0. The zero-order valence-corrected chi connectivity index (χ0v) is 9.97. The molecule has 1 heterocycles. The molecule has 1 aromatic carbocycles. The lowest BCUT2D eigenvalue weighted by molar-refractivity contribution is 0.457. The highest BCUT2D eigenvalue weighted by Crippen LogP contribution is 2.27. The van der Waals surface area contributed by atoms with Crippen molar-refractivity contribution < 1.29 is 4.74 Å². The second kappa shape index (κ2) is 4.82. The van der Waals surface area contributed by atoms with Crippen molar-refractivity contribution in [3.63, 3.8) is 0 Å². The first kappa shape index (κ1) is 11.4. The van der Waals surface area contributed by atoms with Gasteiger partial charge in [0.25, 0.3) is 0 Å². The van der Waals surface area contributed by atoms with E-state index in [2.05, 4.69) is 9.97 Å². The van der Waals surface area contributed by atoms with Gasteiger partial charge in [0.1, 0.15) is 12.1 Å². The summed E-state index contributed by atoms with van der Waals surface area (Å²) in [6, 6.07) is 7.42. The Morgan fingerprint density at radius 3 is 2.88 bits per heavy atom. The first-order chi connectivity index (χ1) is 8.20. The lowest BCUT2D eigenvalue weighted by atomic mass is 10.2. The molecule has 0 unspecified atom stereocenters. The van der Waals surface area contributed by atoms with E-state index in [1.165, 1.54) is 6.33 Å². The molecule has 0 fully saturated rings. The van der Waals surface area contributed by atoms with E-state index in [-0.39, 0.29) is 0 Å². The van der Waals surface area contributed by atoms with Crippen LogP contribution < -0.4 is 10.5 Å². The number of hydrogen-bond acceptors (Lipinski definition) is 4. The average molecular weight is 229 g/mol. The van der Waals surface area contributed by atoms with Gasteiger partial charge in [-0.1, -0.05) is 13.0 Å². The molecule has 0 bridgehead atoms. The minimum absolute atomic E-state index is 0.547. The Balaban J connectivity index is 2.28. The fraction of sp³-hybridized carbons (Fsp3) is 0.231. The minimum atomic E-state index is 0.547. The largest absolute Gasteiger partial charge is 0.439 e. The van der Waals surface area contributed by atoms with Crippen molar-refractivity contribution in [1.82, 2.24) is 9.97 Å². The molecule has 0 amide bonds. The molecular weight excluding hydrogens is 214 g/mol. The summed E-state index contributed by atoms with van der Waals surface area (Å²) in [6.07, 6.45) is 2.37. The summed E-state index contributed by atoms with van der Waals surface area (Å²) < 4.78 is 5.70. The van der Waals surface area contributed by atoms with Crippen LogP contribution in [0, 0.1) is 6.92 Å². The van der Waals surface area contributed by atoms with Gasteiger partial charge in [0.2, 0.25) is 5.88 Å². The predicted octanol–water partition coefficient (Wildman–Crippen LogP) is 2.72. The minimum Gasteiger partial charge on any atom is -0.439 e. The summed E-state index contributed by atoms with van der Waals surface area (Å²) in [4.78, 5) is 8.20. The molecule has 0 aliphatic heterocycles. The van der Waals surface area contributed by atoms with Crippen LogP contribution in [0.15, 0.2) is 30.6 Å². The quantitative estimate of drug-likeness (QED) is 0.822. The number of nitrogens with zero attached hydrogens (tertiary/aromatic N) is 2. The van der Waals surface area contributed by atoms with Crippen LogP contribution in [0.4, 0.5) is 5.69 Å². The lowest BCUT2D eigenvalue weighted by Gasteiger charge is -2.09. The van der Waals surface area contributed by atoms with Crippen molar-refractivity contribution in [1.29, 1.82) is 0 Å². The Bertz CT molecular complexity index is 526. The normalized spacial score (nSPS) is 10.2. The van der Waals surface area contributed by atoms with Crippen molar-refractivity contribution >= 4 is 5.69 Å². The van der Waals surface area contributed by atoms with Crippen molar-refractivity contribution in [2.45, 2.75) is 20.3 Å². The molecule has 1 aromatic heterocycles. The predicted molar refractivity (Wildman–Crippen MR) is 67.1 cm³/mol. The molecule has 2 rings (SSSR count). The number of ether oxygens (including phenoxy) is 1. The molecule has 2 aromatic rings. The number of nitrogen functional groups attached to an aromatic ring is 1. The van der Waals surface area contributed by atoms with E-state index in [1.54, 1.807) is 0 Å². The fourth-order valence-electron chi connectivity index (χ4n) is 1.48. The van der Waals surface area contributed by atoms with E-state index in [1.807, 2.05) is 38.1 Å². The van der Waals surface area contributed by atoms with E-state index in [0.717, 1.165) is 23.4 Å². The zero-order valence-electron chi connectivity index (χ0n) is 9.97. The molecule has 0 atom stereocenters. The summed E-state index contributed by atoms with van der Waals surface area (Å²) in [6.45, 7) is 3.96. The van der Waals surface area contributed by atoms with Gasteiger partial charge in [-0.25, -0.2) is 9.97 Å². The van der Waals surface area contributed by atoms with Gasteiger partial charge in [0.05, 0.1) is 0 Å². The topological polar surface area (TPSA) is 61.0 Å². The molecule has 17 heavy (non-hydrogen) atoms. The van der Waals surface area contributed by atoms with Gasteiger partial charge < -0.3 is 10.5 Å². The summed E-state index contributed by atoms with van der Waals surface area (Å²) in [5.74, 6) is 1.27. The number of aryl methyl sites for hydroxylation is 1. The lowest BCUT2D eigenvalue weighted by Crippen LogP contribution is -1.96. The standard InChI is InChI=1S/C13H15N3O/c1-3-10-7-13(16-8-15-10)17-12-6-4-5-11(14)9(12)2/h4-8H,3,14H2,1-2H3. The van der Waals surface area contributed by atoms with Crippen LogP contribution >= 0.6 is 0 Å². The third-order valence-electron chi connectivity index (χ3n) is 2.60. The van der Waals surface area contributed by atoms with Gasteiger partial charge in [-0.05, 0) is 25.5 Å². The highest BCUT2D eigenvalue weighted by atomic mass is 16.5. The van der Waals surface area contributed by atoms with Gasteiger partial charge in [-0.3, -0.25) is 0 Å². The molecule has 88 valence electrons. The maximum Gasteiger partial charge on any atom is 0.222 e.